The second kappa shape index (κ2) is 8.26. The molecular formula is C19H22N2O3. The zero-order chi connectivity index (χ0) is 17.5. The summed E-state index contributed by atoms with van der Waals surface area (Å²) in [4.78, 5) is 23.5. The van der Waals surface area contributed by atoms with Crippen LogP contribution in [0.1, 0.15) is 35.8 Å². The predicted octanol–water partition coefficient (Wildman–Crippen LogP) is 2.47. The van der Waals surface area contributed by atoms with Gasteiger partial charge in [-0.1, -0.05) is 42.5 Å². The molecule has 0 saturated heterocycles. The van der Waals surface area contributed by atoms with Crippen molar-refractivity contribution in [1.82, 2.24) is 5.32 Å². The molecule has 2 aromatic rings. The Kier molecular flexibility index (Phi) is 6.09. The second-order valence-electron chi connectivity index (χ2n) is 5.61. The van der Waals surface area contributed by atoms with Gasteiger partial charge in [-0.05, 0) is 31.5 Å². The number of hydrogen-bond acceptors (Lipinski definition) is 4. The van der Waals surface area contributed by atoms with Gasteiger partial charge in [0.15, 0.2) is 11.9 Å². The lowest BCUT2D eigenvalue weighted by molar-refractivity contribution is -0.127. The summed E-state index contributed by atoms with van der Waals surface area (Å²) in [6.07, 6.45) is -0.685. The monoisotopic (exact) mass is 326 g/mol. The molecular weight excluding hydrogens is 304 g/mol. The van der Waals surface area contributed by atoms with Crippen LogP contribution in [0.25, 0.3) is 0 Å². The van der Waals surface area contributed by atoms with Crippen LogP contribution in [-0.2, 0) is 4.79 Å². The van der Waals surface area contributed by atoms with Gasteiger partial charge in [-0.3, -0.25) is 9.59 Å². The van der Waals surface area contributed by atoms with Gasteiger partial charge in [0.1, 0.15) is 5.75 Å². The van der Waals surface area contributed by atoms with Crippen molar-refractivity contribution in [2.75, 3.05) is 6.54 Å². The molecule has 0 spiro atoms. The first-order valence-electron chi connectivity index (χ1n) is 7.83. The Morgan fingerprint density at radius 1 is 1.12 bits per heavy atom. The Bertz CT molecular complexity index is 701. The van der Waals surface area contributed by atoms with Crippen molar-refractivity contribution in [1.29, 1.82) is 0 Å². The fourth-order valence-electron chi connectivity index (χ4n) is 2.22. The molecule has 0 aliphatic heterocycles. The molecule has 2 rings (SSSR count). The number of carbonyl (C=O) groups excluding carboxylic acids is 2. The minimum Gasteiger partial charge on any atom is -0.481 e. The molecule has 0 bridgehead atoms. The van der Waals surface area contributed by atoms with E-state index in [-0.39, 0.29) is 17.7 Å². The second-order valence-corrected chi connectivity index (χ2v) is 5.61. The molecule has 2 aromatic carbocycles. The Balaban J connectivity index is 1.88. The van der Waals surface area contributed by atoms with Crippen LogP contribution >= 0.6 is 0 Å². The van der Waals surface area contributed by atoms with E-state index in [2.05, 4.69) is 5.32 Å². The highest BCUT2D eigenvalue weighted by Crippen LogP contribution is 2.15. The fourth-order valence-corrected chi connectivity index (χ4v) is 2.22. The maximum atomic E-state index is 12.1. The molecule has 126 valence electrons. The Morgan fingerprint density at radius 3 is 2.50 bits per heavy atom. The summed E-state index contributed by atoms with van der Waals surface area (Å²) in [5.41, 5.74) is 7.56. The van der Waals surface area contributed by atoms with Crippen LogP contribution < -0.4 is 15.8 Å². The van der Waals surface area contributed by atoms with E-state index in [1.165, 1.54) is 6.92 Å². The van der Waals surface area contributed by atoms with Gasteiger partial charge in [-0.25, -0.2) is 0 Å². The number of ether oxygens (including phenoxy) is 1. The van der Waals surface area contributed by atoms with Crippen LogP contribution in [0.3, 0.4) is 0 Å². The summed E-state index contributed by atoms with van der Waals surface area (Å²) >= 11 is 0. The Labute approximate surface area is 141 Å². The molecule has 0 saturated carbocycles. The lowest BCUT2D eigenvalue weighted by Crippen LogP contribution is -2.39. The van der Waals surface area contributed by atoms with E-state index in [1.807, 2.05) is 30.3 Å². The minimum absolute atomic E-state index is 0.0496. The molecule has 5 nitrogen and oxygen atoms in total. The molecule has 3 N–H and O–H groups in total. The molecule has 24 heavy (non-hydrogen) atoms. The Morgan fingerprint density at radius 2 is 1.83 bits per heavy atom. The van der Waals surface area contributed by atoms with Gasteiger partial charge in [0, 0.05) is 18.2 Å². The van der Waals surface area contributed by atoms with Gasteiger partial charge in [0.05, 0.1) is 0 Å². The average molecular weight is 326 g/mol. The molecule has 2 unspecified atom stereocenters. The predicted molar refractivity (Wildman–Crippen MR) is 92.9 cm³/mol. The van der Waals surface area contributed by atoms with Crippen LogP contribution in [-0.4, -0.2) is 24.3 Å². The van der Waals surface area contributed by atoms with Crippen molar-refractivity contribution in [2.24, 2.45) is 5.73 Å². The smallest absolute Gasteiger partial charge is 0.260 e. The van der Waals surface area contributed by atoms with Crippen molar-refractivity contribution < 1.29 is 14.3 Å². The number of amides is 1. The van der Waals surface area contributed by atoms with Crippen molar-refractivity contribution in [3.63, 3.8) is 0 Å². The SMILES string of the molecule is CC(=O)c1cccc(OC(C)C(=O)NCC(N)c2ccccc2)c1. The molecule has 0 aliphatic rings. The number of carbonyl (C=O) groups is 2. The highest BCUT2D eigenvalue weighted by molar-refractivity contribution is 5.94. The molecule has 0 heterocycles. The molecule has 0 fully saturated rings. The summed E-state index contributed by atoms with van der Waals surface area (Å²) in [6, 6.07) is 16.1. The summed E-state index contributed by atoms with van der Waals surface area (Å²) in [5, 5.41) is 2.78. The largest absolute Gasteiger partial charge is 0.481 e. The van der Waals surface area contributed by atoms with Crippen molar-refractivity contribution >= 4 is 11.7 Å². The third-order valence-corrected chi connectivity index (χ3v) is 3.65. The van der Waals surface area contributed by atoms with Gasteiger partial charge in [0.25, 0.3) is 5.91 Å². The van der Waals surface area contributed by atoms with Crippen LogP contribution in [0.15, 0.2) is 54.6 Å². The van der Waals surface area contributed by atoms with Crippen LogP contribution in [0, 0.1) is 0 Å². The average Bonchev–Trinajstić information content (AvgIpc) is 2.60. The maximum absolute atomic E-state index is 12.1. The lowest BCUT2D eigenvalue weighted by Gasteiger charge is -2.17. The number of benzene rings is 2. The van der Waals surface area contributed by atoms with Gasteiger partial charge in [0.2, 0.25) is 0 Å². The summed E-state index contributed by atoms with van der Waals surface area (Å²) < 4.78 is 5.60. The molecule has 0 aromatic heterocycles. The highest BCUT2D eigenvalue weighted by Gasteiger charge is 2.16. The zero-order valence-corrected chi connectivity index (χ0v) is 13.9. The number of nitrogens with one attached hydrogen (secondary N) is 1. The van der Waals surface area contributed by atoms with Crippen LogP contribution in [0.2, 0.25) is 0 Å². The summed E-state index contributed by atoms with van der Waals surface area (Å²) in [6.45, 7) is 3.47. The van der Waals surface area contributed by atoms with Gasteiger partial charge < -0.3 is 15.8 Å². The molecule has 0 aliphatic carbocycles. The third kappa shape index (κ3) is 4.93. The van der Waals surface area contributed by atoms with Crippen molar-refractivity contribution in [3.05, 3.63) is 65.7 Å². The van der Waals surface area contributed by atoms with Gasteiger partial charge in [-0.15, -0.1) is 0 Å². The van der Waals surface area contributed by atoms with E-state index in [4.69, 9.17) is 10.5 Å². The van der Waals surface area contributed by atoms with E-state index in [9.17, 15) is 9.59 Å². The van der Waals surface area contributed by atoms with E-state index in [0.29, 0.717) is 17.9 Å². The quantitative estimate of drug-likeness (QED) is 0.766. The van der Waals surface area contributed by atoms with Crippen LogP contribution in [0.4, 0.5) is 0 Å². The number of Topliss-reactive ketones (excluding diaryl/α,β-unsaturated/α-hetero) is 1. The van der Waals surface area contributed by atoms with Crippen LogP contribution in [0.5, 0.6) is 5.75 Å². The first-order chi connectivity index (χ1) is 11.5. The molecule has 2 atom stereocenters. The minimum atomic E-state index is -0.685. The standard InChI is InChI=1S/C19H22N2O3/c1-13(22)16-9-6-10-17(11-16)24-14(2)19(23)21-12-18(20)15-7-4-3-5-8-15/h3-11,14,18H,12,20H2,1-2H3,(H,21,23). The fraction of sp³-hybridized carbons (Fsp3) is 0.263. The topological polar surface area (TPSA) is 81.4 Å². The number of ketones is 1. The summed E-state index contributed by atoms with van der Waals surface area (Å²) in [5.74, 6) is 0.179. The van der Waals surface area contributed by atoms with Crippen molar-refractivity contribution in [2.45, 2.75) is 26.0 Å². The van der Waals surface area contributed by atoms with E-state index in [1.54, 1.807) is 31.2 Å². The molecule has 1 amide bonds. The van der Waals surface area contributed by atoms with Crippen molar-refractivity contribution in [3.8, 4) is 5.75 Å². The number of hydrogen-bond donors (Lipinski definition) is 2. The van der Waals surface area contributed by atoms with E-state index >= 15 is 0 Å². The first-order valence-corrected chi connectivity index (χ1v) is 7.83. The molecule has 0 radical (unpaired) electrons. The normalized spacial score (nSPS) is 13.0. The molecule has 5 heteroatoms. The first kappa shape index (κ1) is 17.7. The van der Waals surface area contributed by atoms with E-state index in [0.717, 1.165) is 5.56 Å². The lowest BCUT2D eigenvalue weighted by atomic mass is 10.1. The number of nitrogens with two attached hydrogens (primary N) is 1. The van der Waals surface area contributed by atoms with Gasteiger partial charge in [-0.2, -0.15) is 0 Å². The van der Waals surface area contributed by atoms with Gasteiger partial charge >= 0.3 is 0 Å². The van der Waals surface area contributed by atoms with E-state index < -0.39 is 6.10 Å². The number of rotatable bonds is 7. The Hall–Kier alpha value is -2.66. The maximum Gasteiger partial charge on any atom is 0.260 e. The third-order valence-electron chi connectivity index (χ3n) is 3.65. The highest BCUT2D eigenvalue weighted by atomic mass is 16.5. The zero-order valence-electron chi connectivity index (χ0n) is 13.9. The summed E-state index contributed by atoms with van der Waals surface area (Å²) in [7, 11) is 0.